The summed E-state index contributed by atoms with van der Waals surface area (Å²) in [5.74, 6) is -0.980. The Labute approximate surface area is 130 Å². The van der Waals surface area contributed by atoms with Crippen LogP contribution in [0.4, 0.5) is 5.69 Å². The van der Waals surface area contributed by atoms with Gasteiger partial charge in [0.15, 0.2) is 0 Å². The Morgan fingerprint density at radius 1 is 1.29 bits per heavy atom. The molecule has 1 aliphatic heterocycles. The van der Waals surface area contributed by atoms with E-state index < -0.39 is 5.97 Å². The highest BCUT2D eigenvalue weighted by atomic mass is 35.5. The smallest absolute Gasteiger partial charge is 0.337 e. The van der Waals surface area contributed by atoms with E-state index in [1.165, 1.54) is 0 Å². The van der Waals surface area contributed by atoms with Crippen LogP contribution in [0.15, 0.2) is 18.2 Å². The fraction of sp³-hybridized carbons (Fsp3) is 0.533. The van der Waals surface area contributed by atoms with Crippen molar-refractivity contribution in [3.05, 3.63) is 28.8 Å². The van der Waals surface area contributed by atoms with Crippen LogP contribution in [0.5, 0.6) is 0 Å². The molecule has 6 heteroatoms. The van der Waals surface area contributed by atoms with Gasteiger partial charge in [-0.3, -0.25) is 4.90 Å². The standard InChI is InChI=1S/C15H22ClN3O2/c1-17(2)5-6-18-7-9-19(10-8-18)12-3-4-14(16)13(11-12)15(20)21/h3-4,11H,5-10H2,1-2H3,(H,20,21). The Kier molecular flexibility index (Phi) is 5.45. The first-order chi connectivity index (χ1) is 9.97. The molecule has 0 aromatic heterocycles. The average Bonchev–Trinajstić information content (AvgIpc) is 2.46. The van der Waals surface area contributed by atoms with Gasteiger partial charge in [-0.05, 0) is 32.3 Å². The van der Waals surface area contributed by atoms with E-state index in [0.717, 1.165) is 45.0 Å². The molecule has 0 bridgehead atoms. The number of carboxylic acid groups (broad SMARTS) is 1. The second-order valence-electron chi connectivity index (χ2n) is 5.60. The zero-order valence-corrected chi connectivity index (χ0v) is 13.3. The van der Waals surface area contributed by atoms with Gasteiger partial charge in [0, 0.05) is 45.0 Å². The molecule has 2 rings (SSSR count). The number of benzene rings is 1. The van der Waals surface area contributed by atoms with E-state index in [-0.39, 0.29) is 10.6 Å². The summed E-state index contributed by atoms with van der Waals surface area (Å²) >= 11 is 5.91. The van der Waals surface area contributed by atoms with E-state index in [4.69, 9.17) is 16.7 Å². The van der Waals surface area contributed by atoms with Gasteiger partial charge in [-0.15, -0.1) is 0 Å². The number of carbonyl (C=O) groups is 1. The number of rotatable bonds is 5. The third kappa shape index (κ3) is 4.33. The Morgan fingerprint density at radius 3 is 2.52 bits per heavy atom. The van der Waals surface area contributed by atoms with Crippen LogP contribution in [0.2, 0.25) is 5.02 Å². The molecule has 0 atom stereocenters. The first kappa shape index (κ1) is 16.1. The number of likely N-dealkylation sites (N-methyl/N-ethyl adjacent to an activating group) is 1. The van der Waals surface area contributed by atoms with Crippen LogP contribution in [0.3, 0.4) is 0 Å². The zero-order valence-electron chi connectivity index (χ0n) is 12.5. The van der Waals surface area contributed by atoms with Gasteiger partial charge in [-0.1, -0.05) is 11.6 Å². The molecule has 1 aliphatic rings. The number of carboxylic acids is 1. The molecule has 116 valence electrons. The molecule has 1 heterocycles. The molecule has 1 N–H and O–H groups in total. The number of nitrogens with zero attached hydrogens (tertiary/aromatic N) is 3. The lowest BCUT2D eigenvalue weighted by molar-refractivity contribution is 0.0697. The van der Waals surface area contributed by atoms with Crippen molar-refractivity contribution in [1.29, 1.82) is 0 Å². The summed E-state index contributed by atoms with van der Waals surface area (Å²) in [5, 5.41) is 9.42. The van der Waals surface area contributed by atoms with Crippen molar-refractivity contribution in [2.24, 2.45) is 0 Å². The Balaban J connectivity index is 1.96. The quantitative estimate of drug-likeness (QED) is 0.897. The van der Waals surface area contributed by atoms with Gasteiger partial charge >= 0.3 is 5.97 Å². The molecule has 0 aliphatic carbocycles. The molecule has 1 aromatic rings. The molecule has 0 unspecified atom stereocenters. The number of hydrogen-bond donors (Lipinski definition) is 1. The molecule has 0 spiro atoms. The van der Waals surface area contributed by atoms with Crippen molar-refractivity contribution in [3.8, 4) is 0 Å². The second-order valence-corrected chi connectivity index (χ2v) is 6.01. The van der Waals surface area contributed by atoms with Crippen molar-refractivity contribution < 1.29 is 9.90 Å². The maximum absolute atomic E-state index is 11.1. The van der Waals surface area contributed by atoms with Gasteiger partial charge in [0.2, 0.25) is 0 Å². The Bertz CT molecular complexity index is 500. The van der Waals surface area contributed by atoms with Gasteiger partial charge in [0.25, 0.3) is 0 Å². The van der Waals surface area contributed by atoms with Gasteiger partial charge in [0.1, 0.15) is 0 Å². The zero-order chi connectivity index (χ0) is 15.4. The summed E-state index contributed by atoms with van der Waals surface area (Å²) in [6.45, 7) is 5.95. The van der Waals surface area contributed by atoms with Crippen LogP contribution in [-0.2, 0) is 0 Å². The molecular formula is C15H22ClN3O2. The minimum Gasteiger partial charge on any atom is -0.478 e. The normalized spacial score (nSPS) is 16.5. The highest BCUT2D eigenvalue weighted by molar-refractivity contribution is 6.33. The van der Waals surface area contributed by atoms with Crippen molar-refractivity contribution in [2.45, 2.75) is 0 Å². The molecule has 0 saturated carbocycles. The summed E-state index contributed by atoms with van der Waals surface area (Å²) in [4.78, 5) is 18.0. The minimum absolute atomic E-state index is 0.171. The van der Waals surface area contributed by atoms with Crippen LogP contribution < -0.4 is 4.90 Å². The van der Waals surface area contributed by atoms with E-state index in [2.05, 4.69) is 28.8 Å². The van der Waals surface area contributed by atoms with Gasteiger partial charge in [-0.2, -0.15) is 0 Å². The lowest BCUT2D eigenvalue weighted by Crippen LogP contribution is -2.48. The predicted octanol–water partition coefficient (Wildman–Crippen LogP) is 1.72. The fourth-order valence-electron chi connectivity index (χ4n) is 2.44. The lowest BCUT2D eigenvalue weighted by atomic mass is 10.1. The number of piperazine rings is 1. The molecule has 0 amide bonds. The third-order valence-corrected chi connectivity index (χ3v) is 4.11. The monoisotopic (exact) mass is 311 g/mol. The number of anilines is 1. The largest absolute Gasteiger partial charge is 0.478 e. The van der Waals surface area contributed by atoms with Crippen LogP contribution in [0.25, 0.3) is 0 Å². The van der Waals surface area contributed by atoms with Crippen LogP contribution in [0.1, 0.15) is 10.4 Å². The van der Waals surface area contributed by atoms with Crippen LogP contribution >= 0.6 is 11.6 Å². The maximum atomic E-state index is 11.1. The van der Waals surface area contributed by atoms with E-state index >= 15 is 0 Å². The van der Waals surface area contributed by atoms with Crippen LogP contribution in [-0.4, -0.2) is 74.2 Å². The molecule has 5 nitrogen and oxygen atoms in total. The van der Waals surface area contributed by atoms with Gasteiger partial charge < -0.3 is 14.9 Å². The van der Waals surface area contributed by atoms with E-state index in [0.29, 0.717) is 0 Å². The number of halogens is 1. The fourth-order valence-corrected chi connectivity index (χ4v) is 2.64. The van der Waals surface area contributed by atoms with Crippen molar-refractivity contribution in [1.82, 2.24) is 9.80 Å². The summed E-state index contributed by atoms with van der Waals surface area (Å²) < 4.78 is 0. The highest BCUT2D eigenvalue weighted by Gasteiger charge is 2.19. The third-order valence-electron chi connectivity index (χ3n) is 3.78. The Hall–Kier alpha value is -1.30. The van der Waals surface area contributed by atoms with Crippen molar-refractivity contribution in [3.63, 3.8) is 0 Å². The predicted molar refractivity (Wildman–Crippen MR) is 85.6 cm³/mol. The first-order valence-electron chi connectivity index (χ1n) is 7.12. The van der Waals surface area contributed by atoms with Gasteiger partial charge in [-0.25, -0.2) is 4.79 Å². The minimum atomic E-state index is -0.980. The van der Waals surface area contributed by atoms with E-state index in [1.807, 2.05) is 6.07 Å². The molecular weight excluding hydrogens is 290 g/mol. The second kappa shape index (κ2) is 7.11. The first-order valence-corrected chi connectivity index (χ1v) is 7.50. The maximum Gasteiger partial charge on any atom is 0.337 e. The summed E-state index contributed by atoms with van der Waals surface area (Å²) in [7, 11) is 4.16. The van der Waals surface area contributed by atoms with E-state index in [1.54, 1.807) is 12.1 Å². The summed E-state index contributed by atoms with van der Waals surface area (Å²) in [6, 6.07) is 5.23. The average molecular weight is 312 g/mol. The van der Waals surface area contributed by atoms with E-state index in [9.17, 15) is 4.79 Å². The Morgan fingerprint density at radius 2 is 1.95 bits per heavy atom. The number of hydrogen-bond acceptors (Lipinski definition) is 4. The lowest BCUT2D eigenvalue weighted by Gasteiger charge is -2.36. The molecule has 0 radical (unpaired) electrons. The molecule has 1 fully saturated rings. The molecule has 1 aromatic carbocycles. The number of aromatic carboxylic acids is 1. The molecule has 21 heavy (non-hydrogen) atoms. The van der Waals surface area contributed by atoms with Crippen LogP contribution in [0, 0.1) is 0 Å². The molecule has 1 saturated heterocycles. The van der Waals surface area contributed by atoms with Crippen molar-refractivity contribution >= 4 is 23.3 Å². The summed E-state index contributed by atoms with van der Waals surface area (Å²) in [6.07, 6.45) is 0. The topological polar surface area (TPSA) is 47.0 Å². The SMILES string of the molecule is CN(C)CCN1CCN(c2ccc(Cl)c(C(=O)O)c2)CC1. The van der Waals surface area contributed by atoms with Gasteiger partial charge in [0.05, 0.1) is 10.6 Å². The summed E-state index contributed by atoms with van der Waals surface area (Å²) in [5.41, 5.74) is 1.10. The highest BCUT2D eigenvalue weighted by Crippen LogP contribution is 2.24. The van der Waals surface area contributed by atoms with Crippen molar-refractivity contribution in [2.75, 3.05) is 58.3 Å².